The molecule has 3 aromatic rings. The third-order valence-electron chi connectivity index (χ3n) is 4.89. The van der Waals surface area contributed by atoms with Crippen molar-refractivity contribution in [3.63, 3.8) is 0 Å². The summed E-state index contributed by atoms with van der Waals surface area (Å²) in [7, 11) is 0. The molecule has 2 aromatic carbocycles. The Balaban J connectivity index is 1.47. The topological polar surface area (TPSA) is 67.0 Å². The minimum Gasteiger partial charge on any atom is -0.449 e. The van der Waals surface area contributed by atoms with Crippen LogP contribution in [0.3, 0.4) is 0 Å². The summed E-state index contributed by atoms with van der Waals surface area (Å²) in [6.45, 7) is 2.31. The Bertz CT molecular complexity index is 860. The molecular formula is C21H21N3O2. The van der Waals surface area contributed by atoms with Gasteiger partial charge in [0, 0.05) is 18.3 Å². The average Bonchev–Trinajstić information content (AvgIpc) is 3.31. The summed E-state index contributed by atoms with van der Waals surface area (Å²) >= 11 is 0. The Morgan fingerprint density at radius 1 is 1.15 bits per heavy atom. The van der Waals surface area contributed by atoms with Gasteiger partial charge in [0.05, 0.1) is 6.04 Å². The second kappa shape index (κ2) is 7.04. The van der Waals surface area contributed by atoms with Crippen molar-refractivity contribution < 1.29 is 9.53 Å². The summed E-state index contributed by atoms with van der Waals surface area (Å²) < 4.78 is 5.58. The van der Waals surface area contributed by atoms with E-state index < -0.39 is 6.09 Å². The first kappa shape index (κ1) is 16.4. The molecule has 1 aliphatic rings. The number of carbonyl (C=O) groups excluding carboxylic acids is 1. The lowest BCUT2D eigenvalue weighted by Gasteiger charge is -2.17. The van der Waals surface area contributed by atoms with Crippen molar-refractivity contribution in [2.75, 3.05) is 6.61 Å². The Hall–Kier alpha value is -3.08. The van der Waals surface area contributed by atoms with Gasteiger partial charge in [-0.15, -0.1) is 0 Å². The van der Waals surface area contributed by atoms with Gasteiger partial charge in [-0.1, -0.05) is 55.5 Å². The molecule has 0 bridgehead atoms. The van der Waals surface area contributed by atoms with E-state index in [2.05, 4.69) is 39.6 Å². The Morgan fingerprint density at radius 2 is 1.81 bits per heavy atom. The van der Waals surface area contributed by atoms with E-state index in [1.165, 1.54) is 22.3 Å². The standard InChI is InChI=1S/C21H21N3O2/c1-2-19(20-22-11-12-23-20)24-21(25)26-13-18-16-9-5-3-7-14(16)15-8-4-6-10-17(15)18/h3-12,18-19H,2,13H2,1H3,(H,22,23)(H,24,25). The van der Waals surface area contributed by atoms with E-state index in [1.807, 2.05) is 31.2 Å². The largest absolute Gasteiger partial charge is 0.449 e. The summed E-state index contributed by atoms with van der Waals surface area (Å²) in [4.78, 5) is 19.6. The monoisotopic (exact) mass is 347 g/mol. The maximum Gasteiger partial charge on any atom is 0.407 e. The predicted molar refractivity (Wildman–Crippen MR) is 99.8 cm³/mol. The maximum atomic E-state index is 12.3. The number of hydrogen-bond donors (Lipinski definition) is 2. The Labute approximate surface area is 152 Å². The normalized spacial score (nSPS) is 13.7. The highest BCUT2D eigenvalue weighted by Crippen LogP contribution is 2.44. The number of alkyl carbamates (subject to hydrolysis) is 1. The molecule has 0 radical (unpaired) electrons. The molecule has 132 valence electrons. The van der Waals surface area contributed by atoms with E-state index in [0.717, 1.165) is 12.2 Å². The van der Waals surface area contributed by atoms with E-state index in [0.29, 0.717) is 6.61 Å². The molecule has 1 heterocycles. The van der Waals surface area contributed by atoms with Crippen LogP contribution in [0.1, 0.15) is 42.3 Å². The van der Waals surface area contributed by atoms with Crippen molar-refractivity contribution in [1.29, 1.82) is 0 Å². The highest BCUT2D eigenvalue weighted by atomic mass is 16.5. The van der Waals surface area contributed by atoms with Gasteiger partial charge in [0.15, 0.2) is 0 Å². The molecule has 0 aliphatic heterocycles. The van der Waals surface area contributed by atoms with Crippen molar-refractivity contribution in [1.82, 2.24) is 15.3 Å². The lowest BCUT2D eigenvalue weighted by Crippen LogP contribution is -2.30. The summed E-state index contributed by atoms with van der Waals surface area (Å²) in [6.07, 6.45) is 3.74. The quantitative estimate of drug-likeness (QED) is 0.719. The summed E-state index contributed by atoms with van der Waals surface area (Å²) in [5.41, 5.74) is 4.86. The van der Waals surface area contributed by atoms with Gasteiger partial charge in [0.2, 0.25) is 0 Å². The minimum absolute atomic E-state index is 0.0665. The number of ether oxygens (including phenoxy) is 1. The van der Waals surface area contributed by atoms with Crippen LogP contribution in [0.15, 0.2) is 60.9 Å². The Kier molecular flexibility index (Phi) is 4.44. The predicted octanol–water partition coefficient (Wildman–Crippen LogP) is 4.40. The zero-order valence-corrected chi connectivity index (χ0v) is 14.6. The second-order valence-electron chi connectivity index (χ2n) is 6.41. The molecule has 0 saturated heterocycles. The number of benzene rings is 2. The molecule has 0 spiro atoms. The molecule has 26 heavy (non-hydrogen) atoms. The Morgan fingerprint density at radius 3 is 2.38 bits per heavy atom. The molecule has 5 heteroatoms. The van der Waals surface area contributed by atoms with Gasteiger partial charge >= 0.3 is 6.09 Å². The van der Waals surface area contributed by atoms with Crippen LogP contribution in [0.25, 0.3) is 11.1 Å². The number of hydrogen-bond acceptors (Lipinski definition) is 3. The van der Waals surface area contributed by atoms with Gasteiger partial charge in [-0.2, -0.15) is 0 Å². The van der Waals surface area contributed by atoms with Gasteiger partial charge in [-0.3, -0.25) is 0 Å². The fourth-order valence-electron chi connectivity index (χ4n) is 3.61. The van der Waals surface area contributed by atoms with E-state index in [-0.39, 0.29) is 12.0 Å². The fraction of sp³-hybridized carbons (Fsp3) is 0.238. The van der Waals surface area contributed by atoms with Crippen molar-refractivity contribution in [3.8, 4) is 11.1 Å². The van der Waals surface area contributed by atoms with Crippen LogP contribution in [0.2, 0.25) is 0 Å². The van der Waals surface area contributed by atoms with Crippen LogP contribution >= 0.6 is 0 Å². The number of aromatic nitrogens is 2. The number of nitrogens with zero attached hydrogens (tertiary/aromatic N) is 1. The number of rotatable bonds is 5. The molecule has 2 N–H and O–H groups in total. The number of nitrogens with one attached hydrogen (secondary N) is 2. The van der Waals surface area contributed by atoms with Crippen LogP contribution in [-0.2, 0) is 4.74 Å². The lowest BCUT2D eigenvalue weighted by atomic mass is 9.98. The summed E-state index contributed by atoms with van der Waals surface area (Å²) in [6, 6.07) is 16.4. The highest BCUT2D eigenvalue weighted by Gasteiger charge is 2.29. The van der Waals surface area contributed by atoms with E-state index in [9.17, 15) is 4.79 Å². The number of aromatic amines is 1. The van der Waals surface area contributed by atoms with Crippen LogP contribution in [-0.4, -0.2) is 22.7 Å². The molecule has 5 nitrogen and oxygen atoms in total. The van der Waals surface area contributed by atoms with Gasteiger partial charge < -0.3 is 15.0 Å². The minimum atomic E-state index is -0.421. The number of carbonyl (C=O) groups is 1. The molecule has 4 rings (SSSR count). The number of amides is 1. The molecule has 1 aromatic heterocycles. The molecule has 0 saturated carbocycles. The van der Waals surface area contributed by atoms with Crippen LogP contribution in [0.4, 0.5) is 4.79 Å². The molecule has 1 aliphatic carbocycles. The fourth-order valence-corrected chi connectivity index (χ4v) is 3.61. The third kappa shape index (κ3) is 2.96. The molecule has 1 unspecified atom stereocenters. The average molecular weight is 347 g/mol. The molecule has 1 atom stereocenters. The lowest BCUT2D eigenvalue weighted by molar-refractivity contribution is 0.138. The number of imidazole rings is 1. The van der Waals surface area contributed by atoms with E-state index >= 15 is 0 Å². The highest BCUT2D eigenvalue weighted by molar-refractivity contribution is 5.79. The first-order valence-electron chi connectivity index (χ1n) is 8.88. The first-order chi connectivity index (χ1) is 12.8. The zero-order valence-electron chi connectivity index (χ0n) is 14.6. The third-order valence-corrected chi connectivity index (χ3v) is 4.89. The van der Waals surface area contributed by atoms with Crippen LogP contribution in [0.5, 0.6) is 0 Å². The number of fused-ring (bicyclic) bond motifs is 3. The molecule has 1 amide bonds. The molecule has 0 fully saturated rings. The van der Waals surface area contributed by atoms with Gasteiger partial charge in [-0.05, 0) is 28.7 Å². The van der Waals surface area contributed by atoms with Crippen molar-refractivity contribution in [2.24, 2.45) is 0 Å². The maximum absolute atomic E-state index is 12.3. The zero-order chi connectivity index (χ0) is 17.9. The summed E-state index contributed by atoms with van der Waals surface area (Å²) in [5, 5.41) is 2.89. The number of H-pyrrole nitrogens is 1. The van der Waals surface area contributed by atoms with Gasteiger partial charge in [0.1, 0.15) is 12.4 Å². The van der Waals surface area contributed by atoms with Gasteiger partial charge in [0.25, 0.3) is 0 Å². The van der Waals surface area contributed by atoms with E-state index in [4.69, 9.17) is 4.74 Å². The molecular weight excluding hydrogens is 326 g/mol. The van der Waals surface area contributed by atoms with Crippen molar-refractivity contribution in [3.05, 3.63) is 77.9 Å². The van der Waals surface area contributed by atoms with Crippen molar-refractivity contribution in [2.45, 2.75) is 25.3 Å². The van der Waals surface area contributed by atoms with E-state index in [1.54, 1.807) is 12.4 Å². The second-order valence-corrected chi connectivity index (χ2v) is 6.41. The van der Waals surface area contributed by atoms with Crippen LogP contribution in [0, 0.1) is 0 Å². The van der Waals surface area contributed by atoms with Crippen LogP contribution < -0.4 is 5.32 Å². The summed E-state index contributed by atoms with van der Waals surface area (Å²) in [5.74, 6) is 0.804. The van der Waals surface area contributed by atoms with Crippen molar-refractivity contribution >= 4 is 6.09 Å². The SMILES string of the molecule is CCC(NC(=O)OCC1c2ccccc2-c2ccccc21)c1ncc[nH]1. The van der Waals surface area contributed by atoms with Gasteiger partial charge in [-0.25, -0.2) is 9.78 Å². The smallest absolute Gasteiger partial charge is 0.407 e. The first-order valence-corrected chi connectivity index (χ1v) is 8.88.